The molecule has 1 amide bonds. The molecule has 0 aromatic carbocycles. The van der Waals surface area contributed by atoms with Crippen molar-refractivity contribution in [1.29, 1.82) is 0 Å². The fraction of sp³-hybridized carbons (Fsp3) is 0.400. The molecule has 0 saturated heterocycles. The third-order valence-corrected chi connectivity index (χ3v) is 3.56. The summed E-state index contributed by atoms with van der Waals surface area (Å²) in [5.41, 5.74) is -0.639. The van der Waals surface area contributed by atoms with E-state index in [0.717, 1.165) is 17.8 Å². The largest absolute Gasteiger partial charge is 0.418 e. The average Bonchev–Trinajstić information content (AvgIpc) is 2.92. The van der Waals surface area contributed by atoms with E-state index in [0.29, 0.717) is 6.20 Å². The predicted molar refractivity (Wildman–Crippen MR) is 81.2 cm³/mol. The van der Waals surface area contributed by atoms with Crippen molar-refractivity contribution in [2.45, 2.75) is 12.2 Å². The summed E-state index contributed by atoms with van der Waals surface area (Å²) in [5.74, 6) is -0.791. The Bertz CT molecular complexity index is 711. The number of hydrogen-bond acceptors (Lipinski definition) is 4. The smallest absolute Gasteiger partial charge is 0.350 e. The third-order valence-electron chi connectivity index (χ3n) is 3.56. The van der Waals surface area contributed by atoms with Crippen molar-refractivity contribution in [1.82, 2.24) is 25.0 Å². The topological polar surface area (TPSA) is 63.1 Å². The van der Waals surface area contributed by atoms with Crippen molar-refractivity contribution in [3.63, 3.8) is 0 Å². The number of nitrogens with one attached hydrogen (secondary N) is 1. The molecule has 0 aliphatic rings. The van der Waals surface area contributed by atoms with Crippen LogP contribution in [-0.2, 0) is 13.2 Å². The standard InChI is InChI=1S/C15H18F3N5O/c1-22(2)13(10-6-21-23(3)9-10)8-20-14(24)11-4-5-19-7-12(11)15(16,17)18/h4-7,9,13H,8H2,1-3H3,(H,20,24)/t13-/m1/s1. The van der Waals surface area contributed by atoms with Crippen LogP contribution in [0.15, 0.2) is 30.9 Å². The summed E-state index contributed by atoms with van der Waals surface area (Å²) in [4.78, 5) is 17.5. The molecule has 24 heavy (non-hydrogen) atoms. The van der Waals surface area contributed by atoms with Crippen LogP contribution in [0.1, 0.15) is 27.5 Å². The van der Waals surface area contributed by atoms with Crippen LogP contribution < -0.4 is 5.32 Å². The van der Waals surface area contributed by atoms with Gasteiger partial charge in [-0.25, -0.2) is 0 Å². The molecule has 0 aliphatic carbocycles. The van der Waals surface area contributed by atoms with Crippen LogP contribution in [0.2, 0.25) is 0 Å². The van der Waals surface area contributed by atoms with Gasteiger partial charge in [-0.2, -0.15) is 18.3 Å². The number of carbonyl (C=O) groups excluding carboxylic acids is 1. The zero-order valence-electron chi connectivity index (χ0n) is 13.5. The number of likely N-dealkylation sites (N-methyl/N-ethyl adjacent to an activating group) is 1. The highest BCUT2D eigenvalue weighted by molar-refractivity contribution is 5.95. The molecule has 0 spiro atoms. The fourth-order valence-electron chi connectivity index (χ4n) is 2.31. The van der Waals surface area contributed by atoms with Gasteiger partial charge in [0.25, 0.3) is 5.91 Å². The van der Waals surface area contributed by atoms with E-state index >= 15 is 0 Å². The van der Waals surface area contributed by atoms with Crippen LogP contribution in [0.3, 0.4) is 0 Å². The van der Waals surface area contributed by atoms with Gasteiger partial charge >= 0.3 is 6.18 Å². The van der Waals surface area contributed by atoms with Crippen molar-refractivity contribution >= 4 is 5.91 Å². The maximum atomic E-state index is 13.0. The Balaban J connectivity index is 2.15. The van der Waals surface area contributed by atoms with Crippen molar-refractivity contribution < 1.29 is 18.0 Å². The minimum Gasteiger partial charge on any atom is -0.350 e. The lowest BCUT2D eigenvalue weighted by Crippen LogP contribution is -2.35. The molecule has 0 fully saturated rings. The number of pyridine rings is 1. The third kappa shape index (κ3) is 4.10. The second-order valence-electron chi connectivity index (χ2n) is 5.56. The maximum absolute atomic E-state index is 13.0. The molecular formula is C15H18F3N5O. The van der Waals surface area contributed by atoms with Crippen LogP contribution in [0, 0.1) is 0 Å². The molecule has 0 saturated carbocycles. The zero-order valence-corrected chi connectivity index (χ0v) is 13.5. The number of nitrogens with zero attached hydrogens (tertiary/aromatic N) is 4. The number of hydrogen-bond donors (Lipinski definition) is 1. The van der Waals surface area contributed by atoms with E-state index in [1.54, 1.807) is 24.1 Å². The summed E-state index contributed by atoms with van der Waals surface area (Å²) < 4.78 is 40.5. The molecule has 1 N–H and O–H groups in total. The Morgan fingerprint density at radius 1 is 1.38 bits per heavy atom. The molecule has 130 valence electrons. The Morgan fingerprint density at radius 2 is 2.08 bits per heavy atom. The number of carbonyl (C=O) groups is 1. The normalized spacial score (nSPS) is 13.1. The van der Waals surface area contributed by atoms with E-state index in [1.165, 1.54) is 0 Å². The summed E-state index contributed by atoms with van der Waals surface area (Å²) in [6.07, 6.45) is 0.633. The van der Waals surface area contributed by atoms with E-state index < -0.39 is 23.2 Å². The summed E-state index contributed by atoms with van der Waals surface area (Å²) >= 11 is 0. The van der Waals surface area contributed by atoms with Gasteiger partial charge in [0.15, 0.2) is 0 Å². The SMILES string of the molecule is CN(C)[C@H](CNC(=O)c1ccncc1C(F)(F)F)c1cnn(C)c1. The number of aryl methyl sites for hydroxylation is 1. The lowest BCUT2D eigenvalue weighted by molar-refractivity contribution is -0.138. The molecule has 6 nitrogen and oxygen atoms in total. The van der Waals surface area contributed by atoms with Gasteiger partial charge in [-0.05, 0) is 20.2 Å². The maximum Gasteiger partial charge on any atom is 0.418 e. The summed E-state index contributed by atoms with van der Waals surface area (Å²) in [5, 5.41) is 6.63. The van der Waals surface area contributed by atoms with E-state index in [1.807, 2.05) is 19.0 Å². The van der Waals surface area contributed by atoms with Crippen LogP contribution in [0.4, 0.5) is 13.2 Å². The van der Waals surface area contributed by atoms with Gasteiger partial charge < -0.3 is 10.2 Å². The van der Waals surface area contributed by atoms with Crippen molar-refractivity contribution in [2.24, 2.45) is 7.05 Å². The van der Waals surface area contributed by atoms with Gasteiger partial charge in [-0.1, -0.05) is 0 Å². The van der Waals surface area contributed by atoms with Gasteiger partial charge in [-0.3, -0.25) is 14.5 Å². The van der Waals surface area contributed by atoms with Crippen LogP contribution in [0.5, 0.6) is 0 Å². The Hall–Kier alpha value is -2.42. The molecule has 9 heteroatoms. The Labute approximate surface area is 137 Å². The monoisotopic (exact) mass is 341 g/mol. The lowest BCUT2D eigenvalue weighted by atomic mass is 10.1. The second kappa shape index (κ2) is 7.00. The summed E-state index contributed by atoms with van der Waals surface area (Å²) in [6.45, 7) is 0.150. The summed E-state index contributed by atoms with van der Waals surface area (Å²) in [7, 11) is 5.40. The van der Waals surface area contributed by atoms with E-state index in [2.05, 4.69) is 15.4 Å². The van der Waals surface area contributed by atoms with Crippen molar-refractivity contribution in [3.8, 4) is 0 Å². The second-order valence-corrected chi connectivity index (χ2v) is 5.56. The van der Waals surface area contributed by atoms with Crippen molar-refractivity contribution in [2.75, 3.05) is 20.6 Å². The minimum absolute atomic E-state index is 0.150. The fourth-order valence-corrected chi connectivity index (χ4v) is 2.31. The quantitative estimate of drug-likeness (QED) is 0.902. The highest BCUT2D eigenvalue weighted by Gasteiger charge is 2.35. The van der Waals surface area contributed by atoms with Gasteiger partial charge in [-0.15, -0.1) is 0 Å². The molecule has 2 heterocycles. The average molecular weight is 341 g/mol. The molecule has 2 aromatic rings. The molecule has 0 bridgehead atoms. The first kappa shape index (κ1) is 17.9. The van der Waals surface area contributed by atoms with Crippen molar-refractivity contribution in [3.05, 3.63) is 47.5 Å². The van der Waals surface area contributed by atoms with Crippen LogP contribution >= 0.6 is 0 Å². The summed E-state index contributed by atoms with van der Waals surface area (Å²) in [6, 6.07) is 0.853. The number of aromatic nitrogens is 3. The predicted octanol–water partition coefficient (Wildman–Crippen LogP) is 1.87. The van der Waals surface area contributed by atoms with E-state index in [4.69, 9.17) is 0 Å². The van der Waals surface area contributed by atoms with Gasteiger partial charge in [0.1, 0.15) is 0 Å². The van der Waals surface area contributed by atoms with E-state index in [-0.39, 0.29) is 12.6 Å². The van der Waals surface area contributed by atoms with Crippen LogP contribution in [0.25, 0.3) is 0 Å². The number of rotatable bonds is 5. The Kier molecular flexibility index (Phi) is 5.23. The van der Waals surface area contributed by atoms with Gasteiger partial charge in [0, 0.05) is 37.7 Å². The first-order chi connectivity index (χ1) is 11.2. The number of amides is 1. The molecule has 0 radical (unpaired) electrons. The molecular weight excluding hydrogens is 323 g/mol. The highest BCUT2D eigenvalue weighted by atomic mass is 19.4. The number of alkyl halides is 3. The molecule has 1 atom stereocenters. The first-order valence-corrected chi connectivity index (χ1v) is 7.14. The lowest BCUT2D eigenvalue weighted by Gasteiger charge is -2.23. The van der Waals surface area contributed by atoms with Gasteiger partial charge in [0.05, 0.1) is 23.4 Å². The van der Waals surface area contributed by atoms with Crippen LogP contribution in [-0.4, -0.2) is 46.2 Å². The van der Waals surface area contributed by atoms with E-state index in [9.17, 15) is 18.0 Å². The molecule has 2 aromatic heterocycles. The minimum atomic E-state index is -4.63. The Morgan fingerprint density at radius 3 is 2.62 bits per heavy atom. The molecule has 0 unspecified atom stereocenters. The highest BCUT2D eigenvalue weighted by Crippen LogP contribution is 2.31. The van der Waals surface area contributed by atoms with Gasteiger partial charge in [0.2, 0.25) is 0 Å². The first-order valence-electron chi connectivity index (χ1n) is 7.14. The number of halogens is 3. The molecule has 2 rings (SSSR count). The molecule has 0 aliphatic heterocycles. The zero-order chi connectivity index (χ0) is 17.9.